The lowest BCUT2D eigenvalue weighted by molar-refractivity contribution is -0.118. The predicted molar refractivity (Wildman–Crippen MR) is 130 cm³/mol. The Labute approximate surface area is 197 Å². The number of nitrogens with zero attached hydrogens (tertiary/aromatic N) is 4. The van der Waals surface area contributed by atoms with E-state index in [4.69, 9.17) is 4.74 Å². The quantitative estimate of drug-likeness (QED) is 0.634. The average molecular weight is 456 g/mol. The van der Waals surface area contributed by atoms with Gasteiger partial charge in [-0.2, -0.15) is 0 Å². The van der Waals surface area contributed by atoms with Crippen molar-refractivity contribution >= 4 is 34.7 Å². The number of aromatic nitrogens is 2. The van der Waals surface area contributed by atoms with Gasteiger partial charge in [-0.15, -0.1) is 0 Å². The van der Waals surface area contributed by atoms with Gasteiger partial charge in [0, 0.05) is 36.8 Å². The molecule has 34 heavy (non-hydrogen) atoms. The molecule has 2 aromatic heterocycles. The van der Waals surface area contributed by atoms with Gasteiger partial charge in [0.2, 0.25) is 17.7 Å². The van der Waals surface area contributed by atoms with Crippen molar-refractivity contribution in [2.45, 2.75) is 38.6 Å². The zero-order valence-corrected chi connectivity index (χ0v) is 19.0. The first kappa shape index (κ1) is 20.7. The molecular formula is C26H25N5O3. The summed E-state index contributed by atoms with van der Waals surface area (Å²) in [6, 6.07) is 12.1. The number of nitrogens with one attached hydrogen (secondary N) is 1. The maximum absolute atomic E-state index is 12.4. The molecule has 1 atom stereocenters. The fraction of sp³-hybridized carbons (Fsp3) is 0.308. The molecule has 2 amide bonds. The Morgan fingerprint density at radius 2 is 1.85 bits per heavy atom. The lowest BCUT2D eigenvalue weighted by atomic mass is 10.1. The molecular weight excluding hydrogens is 430 g/mol. The van der Waals surface area contributed by atoms with E-state index in [1.807, 2.05) is 53.3 Å². The van der Waals surface area contributed by atoms with Crippen LogP contribution in [0.4, 0.5) is 22.9 Å². The second kappa shape index (κ2) is 8.13. The Balaban J connectivity index is 1.22. The van der Waals surface area contributed by atoms with Gasteiger partial charge in [0.1, 0.15) is 18.1 Å². The molecule has 2 fully saturated rings. The Morgan fingerprint density at radius 3 is 2.62 bits per heavy atom. The van der Waals surface area contributed by atoms with Gasteiger partial charge in [0.05, 0.1) is 17.9 Å². The van der Waals surface area contributed by atoms with Crippen molar-refractivity contribution in [2.75, 3.05) is 28.3 Å². The highest BCUT2D eigenvalue weighted by Gasteiger charge is 2.38. The van der Waals surface area contributed by atoms with Gasteiger partial charge in [-0.05, 0) is 55.2 Å². The molecule has 3 aliphatic heterocycles. The molecule has 0 bridgehead atoms. The van der Waals surface area contributed by atoms with Crippen molar-refractivity contribution in [1.29, 1.82) is 0 Å². The van der Waals surface area contributed by atoms with Crippen molar-refractivity contribution in [1.82, 2.24) is 9.97 Å². The van der Waals surface area contributed by atoms with Gasteiger partial charge in [-0.1, -0.05) is 12.1 Å². The summed E-state index contributed by atoms with van der Waals surface area (Å²) < 4.78 is 5.76. The number of carbonyl (C=O) groups is 2. The van der Waals surface area contributed by atoms with E-state index in [1.165, 1.54) is 0 Å². The van der Waals surface area contributed by atoms with E-state index in [0.29, 0.717) is 25.3 Å². The largest absolute Gasteiger partial charge is 0.474 e. The standard InChI is InChI=1S/C26H25N5O3/c1-16-11-18(17-4-6-20(7-5-17)30-10-2-3-23(30)32)13-27-25(16)29-19-12-22-26(28-14-19)34-15-21-8-9-24(33)31(21)22/h4-7,11-14,21H,2-3,8-10,15H2,1H3,(H,27,29)/t21-/m0/s1. The number of amides is 2. The first-order valence-corrected chi connectivity index (χ1v) is 11.7. The third-order valence-electron chi connectivity index (χ3n) is 6.76. The maximum Gasteiger partial charge on any atom is 0.238 e. The smallest absolute Gasteiger partial charge is 0.238 e. The summed E-state index contributed by atoms with van der Waals surface area (Å²) in [4.78, 5) is 37.1. The van der Waals surface area contributed by atoms with Crippen LogP contribution < -0.4 is 19.9 Å². The molecule has 0 radical (unpaired) electrons. The van der Waals surface area contributed by atoms with Crippen LogP contribution in [0.1, 0.15) is 31.2 Å². The third-order valence-corrected chi connectivity index (χ3v) is 6.76. The van der Waals surface area contributed by atoms with Crippen LogP contribution in [0.2, 0.25) is 0 Å². The monoisotopic (exact) mass is 455 g/mol. The van der Waals surface area contributed by atoms with Gasteiger partial charge < -0.3 is 19.9 Å². The predicted octanol–water partition coefficient (Wildman–Crippen LogP) is 4.21. The van der Waals surface area contributed by atoms with Crippen LogP contribution in [-0.4, -0.2) is 41.0 Å². The van der Waals surface area contributed by atoms with Crippen LogP contribution >= 0.6 is 0 Å². The van der Waals surface area contributed by atoms with Crippen LogP contribution in [0.3, 0.4) is 0 Å². The minimum absolute atomic E-state index is 0.0890. The Morgan fingerprint density at radius 1 is 1.00 bits per heavy atom. The molecule has 3 aliphatic rings. The summed E-state index contributed by atoms with van der Waals surface area (Å²) in [5, 5.41) is 3.34. The molecule has 1 aromatic carbocycles. The number of anilines is 4. The highest BCUT2D eigenvalue weighted by atomic mass is 16.5. The second-order valence-corrected chi connectivity index (χ2v) is 9.03. The molecule has 1 N–H and O–H groups in total. The lowest BCUT2D eigenvalue weighted by Gasteiger charge is -2.31. The number of benzene rings is 1. The van der Waals surface area contributed by atoms with E-state index in [-0.39, 0.29) is 17.9 Å². The number of hydrogen-bond donors (Lipinski definition) is 1. The minimum atomic E-state index is 0.0890. The molecule has 8 heteroatoms. The lowest BCUT2D eigenvalue weighted by Crippen LogP contribution is -2.40. The molecule has 0 saturated carbocycles. The molecule has 5 heterocycles. The Kier molecular flexibility index (Phi) is 4.94. The van der Waals surface area contributed by atoms with Crippen molar-refractivity contribution in [3.05, 3.63) is 54.4 Å². The van der Waals surface area contributed by atoms with E-state index in [2.05, 4.69) is 21.4 Å². The molecule has 2 saturated heterocycles. The van der Waals surface area contributed by atoms with Crippen molar-refractivity contribution < 1.29 is 14.3 Å². The van der Waals surface area contributed by atoms with Crippen molar-refractivity contribution in [3.63, 3.8) is 0 Å². The van der Waals surface area contributed by atoms with E-state index >= 15 is 0 Å². The molecule has 0 spiro atoms. The highest BCUT2D eigenvalue weighted by molar-refractivity contribution is 5.98. The Hall–Kier alpha value is -3.94. The van der Waals surface area contributed by atoms with Crippen LogP contribution in [-0.2, 0) is 9.59 Å². The van der Waals surface area contributed by atoms with Crippen LogP contribution in [0.15, 0.2) is 48.8 Å². The molecule has 8 nitrogen and oxygen atoms in total. The zero-order valence-electron chi connectivity index (χ0n) is 19.0. The van der Waals surface area contributed by atoms with E-state index in [1.54, 1.807) is 6.20 Å². The van der Waals surface area contributed by atoms with Crippen molar-refractivity contribution in [3.8, 4) is 17.0 Å². The maximum atomic E-state index is 12.4. The van der Waals surface area contributed by atoms with Crippen molar-refractivity contribution in [2.24, 2.45) is 0 Å². The fourth-order valence-electron chi connectivity index (χ4n) is 4.96. The highest BCUT2D eigenvalue weighted by Crippen LogP contribution is 2.39. The van der Waals surface area contributed by atoms with Gasteiger partial charge >= 0.3 is 0 Å². The second-order valence-electron chi connectivity index (χ2n) is 9.03. The van der Waals surface area contributed by atoms with Gasteiger partial charge in [0.25, 0.3) is 0 Å². The van der Waals surface area contributed by atoms with Gasteiger partial charge in [-0.3, -0.25) is 9.59 Å². The molecule has 3 aromatic rings. The summed E-state index contributed by atoms with van der Waals surface area (Å²) in [5.74, 6) is 1.53. The summed E-state index contributed by atoms with van der Waals surface area (Å²) in [6.07, 6.45) is 6.43. The fourth-order valence-corrected chi connectivity index (χ4v) is 4.96. The van der Waals surface area contributed by atoms with Crippen LogP contribution in [0.5, 0.6) is 5.88 Å². The van der Waals surface area contributed by atoms with Gasteiger partial charge in [0.15, 0.2) is 0 Å². The van der Waals surface area contributed by atoms with Gasteiger partial charge in [-0.25, -0.2) is 9.97 Å². The number of pyridine rings is 2. The summed E-state index contributed by atoms with van der Waals surface area (Å²) >= 11 is 0. The minimum Gasteiger partial charge on any atom is -0.474 e. The molecule has 0 aliphatic carbocycles. The molecule has 0 unspecified atom stereocenters. The number of aryl methyl sites for hydroxylation is 1. The molecule has 6 rings (SSSR count). The zero-order chi connectivity index (χ0) is 23.2. The first-order valence-electron chi connectivity index (χ1n) is 11.7. The average Bonchev–Trinajstić information content (AvgIpc) is 3.46. The Bertz CT molecular complexity index is 1290. The first-order chi connectivity index (χ1) is 16.6. The summed E-state index contributed by atoms with van der Waals surface area (Å²) in [6.45, 7) is 3.29. The SMILES string of the molecule is Cc1cc(-c2ccc(N3CCCC3=O)cc2)cnc1Nc1cnc2c(c1)N1C(=O)CC[C@H]1CO2. The third kappa shape index (κ3) is 3.55. The summed E-state index contributed by atoms with van der Waals surface area (Å²) in [7, 11) is 0. The topological polar surface area (TPSA) is 87.7 Å². The number of ether oxygens (including phenoxy) is 1. The number of fused-ring (bicyclic) bond motifs is 3. The van der Waals surface area contributed by atoms with E-state index in [0.717, 1.165) is 59.0 Å². The molecule has 172 valence electrons. The van der Waals surface area contributed by atoms with Crippen LogP contribution in [0.25, 0.3) is 11.1 Å². The number of rotatable bonds is 4. The van der Waals surface area contributed by atoms with Crippen LogP contribution in [0, 0.1) is 6.92 Å². The normalized spacial score (nSPS) is 19.1. The van der Waals surface area contributed by atoms with E-state index in [9.17, 15) is 9.59 Å². The number of hydrogen-bond acceptors (Lipinski definition) is 6. The number of carbonyl (C=O) groups excluding carboxylic acids is 2. The summed E-state index contributed by atoms with van der Waals surface area (Å²) in [5.41, 5.74) is 5.45. The van der Waals surface area contributed by atoms with E-state index < -0.39 is 0 Å².